The van der Waals surface area contributed by atoms with E-state index in [2.05, 4.69) is 9.97 Å². The Morgan fingerprint density at radius 3 is 1.87 bits per heavy atom. The summed E-state index contributed by atoms with van der Waals surface area (Å²) in [6.07, 6.45) is 4.97. The maximum Gasteiger partial charge on any atom is 0.330 e. The first kappa shape index (κ1) is 34.0. The summed E-state index contributed by atoms with van der Waals surface area (Å²) in [7, 11) is 0. The number of unbranched alkanes of at least 4 members (excludes halogenated alkanes) is 5. The fourth-order valence-electron chi connectivity index (χ4n) is 5.37. The Hall–Kier alpha value is -3.85. The maximum absolute atomic E-state index is 14.5. The van der Waals surface area contributed by atoms with E-state index in [0.717, 1.165) is 30.3 Å². The lowest BCUT2D eigenvalue weighted by Crippen LogP contribution is -2.33. The monoisotopic (exact) mass is 636 g/mol. The lowest BCUT2D eigenvalue weighted by Gasteiger charge is -2.16. The van der Waals surface area contributed by atoms with Gasteiger partial charge in [-0.25, -0.2) is 14.0 Å². The molecule has 0 saturated carbocycles. The summed E-state index contributed by atoms with van der Waals surface area (Å²) in [4.78, 5) is 75.9. The van der Waals surface area contributed by atoms with E-state index in [4.69, 9.17) is 18.9 Å². The standard InChI is InChI=1S/C30H41FN4O10/c1-18-14-34(29(40)32-27(18)38)23-12-11-20(44-23)16-42-25(36)9-7-5-3-4-6-8-10-26(37)43-17-22-21(31)13-24(45-22)35-15-19(2)28(39)33-30(35)41/h14-15,20-24H,3-13,16-17H2,1-2H3,(H,32,38,40)(H,33,39,41)/t20-,21+,22-,23+,24-/m1/s1. The number of H-pyrrole nitrogens is 2. The highest BCUT2D eigenvalue weighted by Crippen LogP contribution is 2.30. The summed E-state index contributed by atoms with van der Waals surface area (Å²) < 4.78 is 38.9. The SMILES string of the molecule is Cc1cn([C@@H]2CC[C@H](COC(=O)CCCCCCCCC(=O)OC[C@H]3O[C@@H](n4cc(C)c(=O)[nH]c4=O)C[C@@H]3F)O2)c(=O)[nH]c1=O. The number of esters is 2. The zero-order valence-corrected chi connectivity index (χ0v) is 25.6. The number of aromatic amines is 2. The van der Waals surface area contributed by atoms with Crippen LogP contribution in [0.15, 0.2) is 31.6 Å². The van der Waals surface area contributed by atoms with Crippen molar-refractivity contribution in [3.05, 3.63) is 65.2 Å². The third kappa shape index (κ3) is 9.57. The van der Waals surface area contributed by atoms with E-state index in [9.17, 15) is 33.2 Å². The molecule has 0 amide bonds. The van der Waals surface area contributed by atoms with Crippen molar-refractivity contribution in [2.75, 3.05) is 13.2 Å². The molecule has 2 aromatic heterocycles. The molecule has 0 aromatic carbocycles. The molecule has 0 spiro atoms. The number of nitrogens with one attached hydrogen (secondary N) is 2. The minimum atomic E-state index is -1.42. The highest BCUT2D eigenvalue weighted by molar-refractivity contribution is 5.69. The Bertz CT molecular complexity index is 1560. The van der Waals surface area contributed by atoms with Crippen LogP contribution in [0.3, 0.4) is 0 Å². The number of hydrogen-bond donors (Lipinski definition) is 2. The second kappa shape index (κ2) is 15.9. The average molecular weight is 637 g/mol. The molecule has 4 heterocycles. The van der Waals surface area contributed by atoms with Crippen molar-refractivity contribution in [1.82, 2.24) is 19.1 Å². The van der Waals surface area contributed by atoms with Crippen LogP contribution in [0, 0.1) is 13.8 Å². The Morgan fingerprint density at radius 2 is 1.29 bits per heavy atom. The third-order valence-corrected chi connectivity index (χ3v) is 8.01. The quantitative estimate of drug-likeness (QED) is 0.217. The first-order valence-electron chi connectivity index (χ1n) is 15.4. The van der Waals surface area contributed by atoms with Gasteiger partial charge >= 0.3 is 23.3 Å². The van der Waals surface area contributed by atoms with Crippen molar-refractivity contribution < 1.29 is 32.9 Å². The lowest BCUT2D eigenvalue weighted by atomic mass is 10.1. The zero-order valence-electron chi connectivity index (χ0n) is 25.6. The molecule has 0 unspecified atom stereocenters. The summed E-state index contributed by atoms with van der Waals surface area (Å²) in [6.45, 7) is 2.99. The van der Waals surface area contributed by atoms with E-state index < -0.39 is 53.2 Å². The van der Waals surface area contributed by atoms with Crippen LogP contribution >= 0.6 is 0 Å². The van der Waals surface area contributed by atoms with E-state index in [0.29, 0.717) is 36.8 Å². The topological polar surface area (TPSA) is 181 Å². The summed E-state index contributed by atoms with van der Waals surface area (Å²) in [5, 5.41) is 0. The largest absolute Gasteiger partial charge is 0.463 e. The molecule has 0 aliphatic carbocycles. The number of rotatable bonds is 15. The summed E-state index contributed by atoms with van der Waals surface area (Å²) in [6, 6.07) is 0. The Kier molecular flexibility index (Phi) is 12.0. The number of aromatic nitrogens is 4. The van der Waals surface area contributed by atoms with Crippen molar-refractivity contribution in [3.8, 4) is 0 Å². The van der Waals surface area contributed by atoms with Gasteiger partial charge in [-0.15, -0.1) is 0 Å². The van der Waals surface area contributed by atoms with Gasteiger partial charge in [-0.05, 0) is 39.5 Å². The predicted octanol–water partition coefficient (Wildman–Crippen LogP) is 2.21. The zero-order chi connectivity index (χ0) is 32.5. The molecule has 14 nitrogen and oxygen atoms in total. The van der Waals surface area contributed by atoms with Crippen LogP contribution in [-0.2, 0) is 28.5 Å². The number of carbonyl (C=O) groups excluding carboxylic acids is 2. The van der Waals surface area contributed by atoms with Gasteiger partial charge < -0.3 is 18.9 Å². The first-order valence-corrected chi connectivity index (χ1v) is 15.4. The van der Waals surface area contributed by atoms with Gasteiger partial charge in [0.15, 0.2) is 0 Å². The number of hydrogen-bond acceptors (Lipinski definition) is 10. The van der Waals surface area contributed by atoms with E-state index >= 15 is 0 Å². The molecule has 4 rings (SSSR count). The fraction of sp³-hybridized carbons (Fsp3) is 0.667. The number of ether oxygens (including phenoxy) is 4. The van der Waals surface area contributed by atoms with Crippen LogP contribution in [0.4, 0.5) is 4.39 Å². The molecular weight excluding hydrogens is 595 g/mol. The molecule has 2 saturated heterocycles. The molecule has 0 radical (unpaired) electrons. The molecule has 2 aromatic rings. The van der Waals surface area contributed by atoms with Crippen molar-refractivity contribution in [3.63, 3.8) is 0 Å². The van der Waals surface area contributed by atoms with Gasteiger partial charge in [0, 0.05) is 42.8 Å². The molecule has 2 N–H and O–H groups in total. The molecule has 2 aliphatic heterocycles. The second-order valence-corrected chi connectivity index (χ2v) is 11.6. The Balaban J connectivity index is 1.01. The van der Waals surface area contributed by atoms with Gasteiger partial charge in [0.05, 0.1) is 6.10 Å². The maximum atomic E-state index is 14.5. The second-order valence-electron chi connectivity index (χ2n) is 11.6. The molecule has 45 heavy (non-hydrogen) atoms. The Morgan fingerprint density at radius 1 is 0.778 bits per heavy atom. The molecule has 0 bridgehead atoms. The minimum absolute atomic E-state index is 0.0938. The van der Waals surface area contributed by atoms with Gasteiger partial charge in [-0.2, -0.15) is 0 Å². The van der Waals surface area contributed by atoms with Crippen molar-refractivity contribution in [2.45, 2.75) is 115 Å². The highest BCUT2D eigenvalue weighted by Gasteiger charge is 2.38. The van der Waals surface area contributed by atoms with Gasteiger partial charge in [-0.1, -0.05) is 25.7 Å². The number of halogens is 1. The summed E-state index contributed by atoms with van der Waals surface area (Å²) in [5.74, 6) is -0.761. The van der Waals surface area contributed by atoms with Crippen LogP contribution in [0.1, 0.15) is 94.2 Å². The number of aryl methyl sites for hydroxylation is 2. The van der Waals surface area contributed by atoms with Gasteiger partial charge in [0.1, 0.15) is 37.9 Å². The Labute approximate surface area is 257 Å². The molecular formula is C30H41FN4O10. The highest BCUT2D eigenvalue weighted by atomic mass is 19.1. The predicted molar refractivity (Wildman–Crippen MR) is 158 cm³/mol. The third-order valence-electron chi connectivity index (χ3n) is 8.01. The molecule has 2 aliphatic rings. The fourth-order valence-corrected chi connectivity index (χ4v) is 5.37. The van der Waals surface area contributed by atoms with E-state index in [-0.39, 0.29) is 44.5 Å². The smallest absolute Gasteiger partial charge is 0.330 e. The van der Waals surface area contributed by atoms with Crippen molar-refractivity contribution >= 4 is 11.9 Å². The van der Waals surface area contributed by atoms with Crippen LogP contribution in [0.5, 0.6) is 0 Å². The van der Waals surface area contributed by atoms with Crippen LogP contribution in [0.2, 0.25) is 0 Å². The van der Waals surface area contributed by atoms with Gasteiger partial charge in [0.2, 0.25) is 0 Å². The molecule has 2 fully saturated rings. The normalized spacial score (nSPS) is 22.9. The van der Waals surface area contributed by atoms with Crippen molar-refractivity contribution in [2.24, 2.45) is 0 Å². The number of carbonyl (C=O) groups is 2. The molecule has 15 heteroatoms. The van der Waals surface area contributed by atoms with Crippen LogP contribution < -0.4 is 22.5 Å². The van der Waals surface area contributed by atoms with E-state index in [1.165, 1.54) is 23.9 Å². The lowest BCUT2D eigenvalue weighted by molar-refractivity contribution is -0.150. The first-order chi connectivity index (χ1) is 21.5. The number of alkyl halides is 1. The molecule has 248 valence electrons. The summed E-state index contributed by atoms with van der Waals surface area (Å²) >= 11 is 0. The van der Waals surface area contributed by atoms with Gasteiger partial charge in [0.25, 0.3) is 11.1 Å². The number of nitrogens with zero attached hydrogens (tertiary/aromatic N) is 2. The van der Waals surface area contributed by atoms with E-state index in [1.54, 1.807) is 6.92 Å². The van der Waals surface area contributed by atoms with E-state index in [1.807, 2.05) is 0 Å². The minimum Gasteiger partial charge on any atom is -0.463 e. The molecule has 5 atom stereocenters. The summed E-state index contributed by atoms with van der Waals surface area (Å²) in [5.41, 5.74) is -1.46. The van der Waals surface area contributed by atoms with Crippen LogP contribution in [0.25, 0.3) is 0 Å². The van der Waals surface area contributed by atoms with Crippen LogP contribution in [-0.4, -0.2) is 62.6 Å². The average Bonchev–Trinajstić information content (AvgIpc) is 3.62. The van der Waals surface area contributed by atoms with Crippen molar-refractivity contribution in [1.29, 1.82) is 0 Å². The van der Waals surface area contributed by atoms with Gasteiger partial charge in [-0.3, -0.25) is 38.3 Å².